The van der Waals surface area contributed by atoms with Crippen molar-refractivity contribution in [1.82, 2.24) is 4.98 Å². The van der Waals surface area contributed by atoms with Gasteiger partial charge in [-0.15, -0.1) is 11.3 Å². The number of rotatable bonds is 2. The molecule has 0 aliphatic rings. The normalized spacial score (nSPS) is 13.7. The summed E-state index contributed by atoms with van der Waals surface area (Å²) in [4.78, 5) is 4.34. The molecule has 2 rings (SSSR count). The summed E-state index contributed by atoms with van der Waals surface area (Å²) in [5.41, 5.74) is 4.45. The van der Waals surface area contributed by atoms with Crippen LogP contribution in [-0.4, -0.2) is 4.98 Å². The van der Waals surface area contributed by atoms with E-state index < -0.39 is 0 Å². The van der Waals surface area contributed by atoms with Crippen LogP contribution in [0.15, 0.2) is 23.7 Å². The monoisotopic (exact) mass is 205 g/mol. The number of hydrogen-bond donors (Lipinski definition) is 0. The molecular formula is C12H15NS. The lowest BCUT2D eigenvalue weighted by atomic mass is 9.90. The van der Waals surface area contributed by atoms with Gasteiger partial charge in [-0.3, -0.25) is 0 Å². The summed E-state index contributed by atoms with van der Waals surface area (Å²) in [6.07, 6.45) is 0. The van der Waals surface area contributed by atoms with Crippen LogP contribution in [0.4, 0.5) is 0 Å². The Labute approximate surface area is 88.8 Å². The average molecular weight is 205 g/mol. The van der Waals surface area contributed by atoms with Crippen LogP contribution < -0.4 is 0 Å². The summed E-state index contributed by atoms with van der Waals surface area (Å²) in [7, 11) is 0. The van der Waals surface area contributed by atoms with Crippen molar-refractivity contribution in [2.24, 2.45) is 5.92 Å². The lowest BCUT2D eigenvalue weighted by Crippen LogP contribution is -2.01. The van der Waals surface area contributed by atoms with Crippen molar-refractivity contribution in [1.29, 1.82) is 0 Å². The highest BCUT2D eigenvalue weighted by molar-refractivity contribution is 7.16. The van der Waals surface area contributed by atoms with Gasteiger partial charge in [0.25, 0.3) is 0 Å². The molecule has 0 radical (unpaired) electrons. The third kappa shape index (κ3) is 1.67. The van der Waals surface area contributed by atoms with E-state index in [0.29, 0.717) is 11.8 Å². The highest BCUT2D eigenvalue weighted by Gasteiger charge is 2.10. The zero-order valence-electron chi connectivity index (χ0n) is 8.82. The molecule has 0 amide bonds. The van der Waals surface area contributed by atoms with E-state index in [1.54, 1.807) is 11.3 Å². The van der Waals surface area contributed by atoms with Crippen molar-refractivity contribution in [3.05, 3.63) is 29.3 Å². The van der Waals surface area contributed by atoms with Crippen molar-refractivity contribution < 1.29 is 0 Å². The molecule has 0 aliphatic heterocycles. The smallest absolute Gasteiger partial charge is 0.0814 e. The average Bonchev–Trinajstić information content (AvgIpc) is 2.62. The van der Waals surface area contributed by atoms with Gasteiger partial charge < -0.3 is 0 Å². The molecule has 1 unspecified atom stereocenters. The predicted molar refractivity (Wildman–Crippen MR) is 62.9 cm³/mol. The molecule has 0 spiro atoms. The van der Waals surface area contributed by atoms with Gasteiger partial charge in [0.1, 0.15) is 0 Å². The van der Waals surface area contributed by atoms with E-state index in [1.165, 1.54) is 10.3 Å². The van der Waals surface area contributed by atoms with Crippen LogP contribution in [0, 0.1) is 5.92 Å². The molecule has 1 aromatic carbocycles. The highest BCUT2D eigenvalue weighted by atomic mass is 32.1. The van der Waals surface area contributed by atoms with Crippen LogP contribution in [0.3, 0.4) is 0 Å². The van der Waals surface area contributed by atoms with Crippen molar-refractivity contribution >= 4 is 21.6 Å². The first-order valence-electron chi connectivity index (χ1n) is 5.01. The van der Waals surface area contributed by atoms with Crippen molar-refractivity contribution in [3.8, 4) is 0 Å². The molecule has 14 heavy (non-hydrogen) atoms. The Morgan fingerprint density at radius 3 is 2.71 bits per heavy atom. The van der Waals surface area contributed by atoms with Crippen LogP contribution in [0.5, 0.6) is 0 Å². The van der Waals surface area contributed by atoms with E-state index in [2.05, 4.69) is 44.0 Å². The van der Waals surface area contributed by atoms with Crippen LogP contribution in [0.2, 0.25) is 0 Å². The van der Waals surface area contributed by atoms with Crippen LogP contribution in [0.1, 0.15) is 32.3 Å². The predicted octanol–water partition coefficient (Wildman–Crippen LogP) is 4.06. The van der Waals surface area contributed by atoms with E-state index in [9.17, 15) is 0 Å². The van der Waals surface area contributed by atoms with E-state index in [-0.39, 0.29) is 0 Å². The molecule has 0 saturated carbocycles. The summed E-state index contributed by atoms with van der Waals surface area (Å²) < 4.78 is 1.28. The number of nitrogens with zero attached hydrogens (tertiary/aromatic N) is 1. The molecule has 0 N–H and O–H groups in total. The first-order chi connectivity index (χ1) is 6.68. The number of hydrogen-bond acceptors (Lipinski definition) is 2. The molecule has 2 aromatic rings. The Kier molecular flexibility index (Phi) is 2.55. The second kappa shape index (κ2) is 3.70. The third-order valence-electron chi connectivity index (χ3n) is 2.88. The fourth-order valence-electron chi connectivity index (χ4n) is 1.54. The molecule has 0 saturated heterocycles. The summed E-state index contributed by atoms with van der Waals surface area (Å²) in [5, 5.41) is 0. The fourth-order valence-corrected chi connectivity index (χ4v) is 2.20. The van der Waals surface area contributed by atoms with Crippen LogP contribution >= 0.6 is 11.3 Å². The Hall–Kier alpha value is -0.890. The molecule has 1 aromatic heterocycles. The molecule has 2 heteroatoms. The van der Waals surface area contributed by atoms with E-state index in [4.69, 9.17) is 0 Å². The van der Waals surface area contributed by atoms with Crippen LogP contribution in [-0.2, 0) is 0 Å². The molecular weight excluding hydrogens is 190 g/mol. The Morgan fingerprint density at radius 2 is 2.00 bits per heavy atom. The van der Waals surface area contributed by atoms with E-state index in [1.807, 2.05) is 5.51 Å². The maximum Gasteiger partial charge on any atom is 0.0814 e. The Balaban J connectivity index is 2.43. The van der Waals surface area contributed by atoms with Gasteiger partial charge in [0.15, 0.2) is 0 Å². The van der Waals surface area contributed by atoms with Crippen molar-refractivity contribution in [3.63, 3.8) is 0 Å². The van der Waals surface area contributed by atoms with E-state index >= 15 is 0 Å². The largest absolute Gasteiger partial charge is 0.245 e. The van der Waals surface area contributed by atoms with Crippen molar-refractivity contribution in [2.75, 3.05) is 0 Å². The molecule has 0 bridgehead atoms. The maximum atomic E-state index is 4.34. The number of thiazole rings is 1. The van der Waals surface area contributed by atoms with Gasteiger partial charge in [-0.05, 0) is 29.5 Å². The topological polar surface area (TPSA) is 12.9 Å². The summed E-state index contributed by atoms with van der Waals surface area (Å²) in [6, 6.07) is 6.63. The summed E-state index contributed by atoms with van der Waals surface area (Å²) in [5.74, 6) is 1.30. The quantitative estimate of drug-likeness (QED) is 0.720. The molecule has 1 atom stereocenters. The Morgan fingerprint density at radius 1 is 1.21 bits per heavy atom. The SMILES string of the molecule is CC(C)C(C)c1ccc2scnc2c1. The molecule has 74 valence electrons. The van der Waals surface area contributed by atoms with Crippen LogP contribution in [0.25, 0.3) is 10.2 Å². The van der Waals surface area contributed by atoms with Gasteiger partial charge >= 0.3 is 0 Å². The van der Waals surface area contributed by atoms with Gasteiger partial charge in [-0.1, -0.05) is 26.8 Å². The standard InChI is InChI=1S/C12H15NS/c1-8(2)9(3)10-4-5-12-11(6-10)13-7-14-12/h4-9H,1-3H3. The zero-order chi connectivity index (χ0) is 10.1. The molecule has 0 aliphatic carbocycles. The van der Waals surface area contributed by atoms with Crippen molar-refractivity contribution in [2.45, 2.75) is 26.7 Å². The minimum Gasteiger partial charge on any atom is -0.245 e. The summed E-state index contributed by atoms with van der Waals surface area (Å²) >= 11 is 1.71. The third-order valence-corrected chi connectivity index (χ3v) is 3.69. The molecule has 1 nitrogen and oxygen atoms in total. The second-order valence-electron chi connectivity index (χ2n) is 4.11. The van der Waals surface area contributed by atoms with Gasteiger partial charge in [-0.25, -0.2) is 4.98 Å². The minimum atomic E-state index is 0.612. The minimum absolute atomic E-state index is 0.612. The number of benzene rings is 1. The first-order valence-corrected chi connectivity index (χ1v) is 5.89. The summed E-state index contributed by atoms with van der Waals surface area (Å²) in [6.45, 7) is 6.80. The first kappa shape index (κ1) is 9.66. The molecule has 1 heterocycles. The Bertz CT molecular complexity index is 431. The lowest BCUT2D eigenvalue weighted by molar-refractivity contribution is 0.535. The van der Waals surface area contributed by atoms with Gasteiger partial charge in [-0.2, -0.15) is 0 Å². The number of aromatic nitrogens is 1. The van der Waals surface area contributed by atoms with E-state index in [0.717, 1.165) is 5.52 Å². The van der Waals surface area contributed by atoms with Gasteiger partial charge in [0.05, 0.1) is 15.7 Å². The van der Waals surface area contributed by atoms with Gasteiger partial charge in [0.2, 0.25) is 0 Å². The second-order valence-corrected chi connectivity index (χ2v) is 5.00. The highest BCUT2D eigenvalue weighted by Crippen LogP contribution is 2.27. The number of fused-ring (bicyclic) bond motifs is 1. The lowest BCUT2D eigenvalue weighted by Gasteiger charge is -2.15. The molecule has 0 fully saturated rings. The fraction of sp³-hybridized carbons (Fsp3) is 0.417. The van der Waals surface area contributed by atoms with Gasteiger partial charge in [0, 0.05) is 0 Å². The zero-order valence-corrected chi connectivity index (χ0v) is 9.64. The maximum absolute atomic E-state index is 4.34.